The molecule has 0 saturated carbocycles. The molecular weight excluding hydrogens is 325 g/mol. The van der Waals surface area contributed by atoms with Gasteiger partial charge in [-0.3, -0.25) is 0 Å². The van der Waals surface area contributed by atoms with E-state index in [1.165, 1.54) is 0 Å². The number of alkyl halides is 11. The molecule has 13 heteroatoms. The zero-order valence-corrected chi connectivity index (χ0v) is 9.18. The summed E-state index contributed by atoms with van der Waals surface area (Å²) in [5.74, 6) is -11.8. The van der Waals surface area contributed by atoms with Crippen molar-refractivity contribution in [3.63, 3.8) is 0 Å². The molecule has 20 heavy (non-hydrogen) atoms. The molecule has 0 heterocycles. The van der Waals surface area contributed by atoms with Crippen LogP contribution in [0.25, 0.3) is 0 Å². The van der Waals surface area contributed by atoms with Gasteiger partial charge < -0.3 is 4.74 Å². The highest BCUT2D eigenvalue weighted by Crippen LogP contribution is 2.50. The van der Waals surface area contributed by atoms with Crippen molar-refractivity contribution in [2.45, 2.75) is 37.1 Å². The third-order valence-corrected chi connectivity index (χ3v) is 1.76. The summed E-state index contributed by atoms with van der Waals surface area (Å²) in [6.07, 6.45) is -19.6. The van der Waals surface area contributed by atoms with Gasteiger partial charge in [0.15, 0.2) is 6.86 Å². The lowest BCUT2D eigenvalue weighted by Gasteiger charge is -2.35. The molecule has 0 amide bonds. The van der Waals surface area contributed by atoms with E-state index in [0.29, 0.717) is 0 Å². The maximum atomic E-state index is 13.0. The third kappa shape index (κ3) is 3.42. The molecule has 0 aliphatic heterocycles. The second kappa shape index (κ2) is 5.16. The molecule has 0 rings (SSSR count). The standard InChI is InChI=1S/C7H5F11O2/c1-3(9,10)6(15,16)20-7(17,18)4(11,19-2-8)5(12,13)14/h2H2,1H3. The first-order valence-electron chi connectivity index (χ1n) is 4.31. The first-order chi connectivity index (χ1) is 8.52. The highest BCUT2D eigenvalue weighted by atomic mass is 19.4. The maximum absolute atomic E-state index is 13.0. The normalized spacial score (nSPS) is 18.0. The van der Waals surface area contributed by atoms with E-state index < -0.39 is 44.0 Å². The van der Waals surface area contributed by atoms with E-state index in [1.807, 2.05) is 4.74 Å². The summed E-state index contributed by atoms with van der Waals surface area (Å²) in [6, 6.07) is 0. The number of hydrogen-bond acceptors (Lipinski definition) is 2. The van der Waals surface area contributed by atoms with Gasteiger partial charge in [-0.25, -0.2) is 9.13 Å². The molecule has 0 aliphatic carbocycles. The summed E-state index contributed by atoms with van der Waals surface area (Å²) in [5, 5.41) is 0. The maximum Gasteiger partial charge on any atom is 0.458 e. The van der Waals surface area contributed by atoms with Crippen molar-refractivity contribution in [2.24, 2.45) is 0 Å². The van der Waals surface area contributed by atoms with Gasteiger partial charge in [0, 0.05) is 6.92 Å². The quantitative estimate of drug-likeness (QED) is 0.685. The van der Waals surface area contributed by atoms with E-state index in [1.54, 1.807) is 0 Å². The van der Waals surface area contributed by atoms with Crippen LogP contribution < -0.4 is 0 Å². The zero-order valence-electron chi connectivity index (χ0n) is 9.18. The van der Waals surface area contributed by atoms with Crippen molar-refractivity contribution < 1.29 is 57.8 Å². The predicted octanol–water partition coefficient (Wildman–Crippen LogP) is 4.02. The molecule has 0 bridgehead atoms. The van der Waals surface area contributed by atoms with Crippen LogP contribution in [-0.2, 0) is 9.47 Å². The molecule has 0 spiro atoms. The van der Waals surface area contributed by atoms with Gasteiger partial charge in [0.25, 0.3) is 0 Å². The van der Waals surface area contributed by atoms with Crippen LogP contribution in [0, 0.1) is 0 Å². The monoisotopic (exact) mass is 330 g/mol. The predicted molar refractivity (Wildman–Crippen MR) is 38.6 cm³/mol. The Morgan fingerprint density at radius 2 is 1.15 bits per heavy atom. The lowest BCUT2D eigenvalue weighted by molar-refractivity contribution is -0.515. The lowest BCUT2D eigenvalue weighted by Crippen LogP contribution is -2.61. The number of hydrogen-bond donors (Lipinski definition) is 0. The molecule has 122 valence electrons. The lowest BCUT2D eigenvalue weighted by atomic mass is 10.2. The van der Waals surface area contributed by atoms with E-state index in [4.69, 9.17) is 0 Å². The second-order valence-corrected chi connectivity index (χ2v) is 3.37. The van der Waals surface area contributed by atoms with E-state index in [0.717, 1.165) is 0 Å². The van der Waals surface area contributed by atoms with Crippen LogP contribution in [0.3, 0.4) is 0 Å². The van der Waals surface area contributed by atoms with E-state index in [9.17, 15) is 48.3 Å². The second-order valence-electron chi connectivity index (χ2n) is 3.37. The van der Waals surface area contributed by atoms with Gasteiger partial charge in [-0.15, -0.1) is 0 Å². The van der Waals surface area contributed by atoms with Crippen molar-refractivity contribution in [2.75, 3.05) is 6.86 Å². The first kappa shape index (κ1) is 19.1. The zero-order chi connectivity index (χ0) is 16.6. The van der Waals surface area contributed by atoms with Gasteiger partial charge in [-0.1, -0.05) is 0 Å². The number of halogens is 11. The number of ether oxygens (including phenoxy) is 2. The van der Waals surface area contributed by atoms with Crippen molar-refractivity contribution >= 4 is 0 Å². The van der Waals surface area contributed by atoms with Crippen molar-refractivity contribution in [3.8, 4) is 0 Å². The molecule has 0 fully saturated rings. The minimum atomic E-state index is -6.75. The van der Waals surface area contributed by atoms with E-state index in [2.05, 4.69) is 4.74 Å². The Labute approximate surface area is 103 Å². The average Bonchev–Trinajstić information content (AvgIpc) is 2.12. The fourth-order valence-corrected chi connectivity index (χ4v) is 0.722. The summed E-state index contributed by atoms with van der Waals surface area (Å²) in [5.41, 5.74) is 0. The van der Waals surface area contributed by atoms with Gasteiger partial charge >= 0.3 is 30.2 Å². The molecule has 1 atom stereocenters. The summed E-state index contributed by atoms with van der Waals surface area (Å²) >= 11 is 0. The number of rotatable bonds is 6. The summed E-state index contributed by atoms with van der Waals surface area (Å²) in [6.45, 7) is -3.49. The Morgan fingerprint density at radius 1 is 0.750 bits per heavy atom. The van der Waals surface area contributed by atoms with Crippen LogP contribution >= 0.6 is 0 Å². The summed E-state index contributed by atoms with van der Waals surface area (Å²) in [4.78, 5) is 0. The van der Waals surface area contributed by atoms with Gasteiger partial charge in [-0.2, -0.15) is 43.9 Å². The molecule has 0 saturated heterocycles. The Hall–Kier alpha value is -0.850. The van der Waals surface area contributed by atoms with Gasteiger partial charge in [0.05, 0.1) is 0 Å². The summed E-state index contributed by atoms with van der Waals surface area (Å²) in [7, 11) is 0. The van der Waals surface area contributed by atoms with Crippen LogP contribution in [0.2, 0.25) is 0 Å². The van der Waals surface area contributed by atoms with Crippen molar-refractivity contribution in [1.29, 1.82) is 0 Å². The van der Waals surface area contributed by atoms with Crippen LogP contribution in [0.5, 0.6) is 0 Å². The average molecular weight is 330 g/mol. The van der Waals surface area contributed by atoms with Crippen LogP contribution in [0.15, 0.2) is 0 Å². The molecule has 1 unspecified atom stereocenters. The summed E-state index contributed by atoms with van der Waals surface area (Å²) < 4.78 is 140. The smallest absolute Gasteiger partial charge is 0.300 e. The molecule has 0 aromatic carbocycles. The Kier molecular flexibility index (Phi) is 4.95. The molecule has 0 aromatic rings. The van der Waals surface area contributed by atoms with Crippen LogP contribution in [0.1, 0.15) is 6.92 Å². The molecule has 0 aliphatic rings. The first-order valence-corrected chi connectivity index (χ1v) is 4.31. The molecule has 0 aromatic heterocycles. The largest absolute Gasteiger partial charge is 0.458 e. The Morgan fingerprint density at radius 3 is 1.40 bits per heavy atom. The van der Waals surface area contributed by atoms with Crippen molar-refractivity contribution in [3.05, 3.63) is 0 Å². The minimum absolute atomic E-state index is 0.674. The van der Waals surface area contributed by atoms with E-state index in [-0.39, 0.29) is 0 Å². The van der Waals surface area contributed by atoms with E-state index >= 15 is 0 Å². The molecule has 2 nitrogen and oxygen atoms in total. The van der Waals surface area contributed by atoms with Crippen LogP contribution in [-0.4, -0.2) is 37.0 Å². The topological polar surface area (TPSA) is 18.5 Å². The van der Waals surface area contributed by atoms with Gasteiger partial charge in [-0.05, 0) is 0 Å². The fraction of sp³-hybridized carbons (Fsp3) is 1.00. The fourth-order valence-electron chi connectivity index (χ4n) is 0.722. The minimum Gasteiger partial charge on any atom is -0.300 e. The molecule has 0 N–H and O–H groups in total. The molecular formula is C7H5F11O2. The van der Waals surface area contributed by atoms with Crippen LogP contribution in [0.4, 0.5) is 48.3 Å². The van der Waals surface area contributed by atoms with Gasteiger partial charge in [0.1, 0.15) is 0 Å². The Balaban J connectivity index is 5.59. The Bertz CT molecular complexity index is 333. The SMILES string of the molecule is CC(F)(F)C(F)(F)OC(F)(F)C(F)(OCF)C(F)(F)F. The van der Waals surface area contributed by atoms with Gasteiger partial charge in [0.2, 0.25) is 0 Å². The third-order valence-electron chi connectivity index (χ3n) is 1.76. The molecule has 0 radical (unpaired) electrons. The highest BCUT2D eigenvalue weighted by molar-refractivity contribution is 4.88. The van der Waals surface area contributed by atoms with Crippen molar-refractivity contribution in [1.82, 2.24) is 0 Å². The highest BCUT2D eigenvalue weighted by Gasteiger charge is 2.78.